The Hall–Kier alpha value is -0.950. The molecule has 0 radical (unpaired) electrons. The fourth-order valence-corrected chi connectivity index (χ4v) is 2.75. The van der Waals surface area contributed by atoms with Gasteiger partial charge in [-0.25, -0.2) is 0 Å². The van der Waals surface area contributed by atoms with E-state index in [-0.39, 0.29) is 0 Å². The second-order valence-corrected chi connectivity index (χ2v) is 5.23. The van der Waals surface area contributed by atoms with E-state index in [1.165, 1.54) is 0 Å². The van der Waals surface area contributed by atoms with Crippen molar-refractivity contribution in [1.82, 2.24) is 0 Å². The summed E-state index contributed by atoms with van der Waals surface area (Å²) >= 11 is 18.2. The molecular weight excluding hydrogens is 275 g/mol. The van der Waals surface area contributed by atoms with E-state index in [0.717, 1.165) is 26.6 Å². The second-order valence-electron chi connectivity index (χ2n) is 3.95. The molecule has 0 aromatic heterocycles. The van der Waals surface area contributed by atoms with Crippen LogP contribution in [0.1, 0.15) is 0 Å². The minimum absolute atomic E-state index is 0.642. The SMILES string of the molecule is Clc1ccc2cc3c(Cl)cc(Cl)cc3cc2c1. The summed E-state index contributed by atoms with van der Waals surface area (Å²) in [5, 5.41) is 6.27. The van der Waals surface area contributed by atoms with Gasteiger partial charge in [0.2, 0.25) is 0 Å². The van der Waals surface area contributed by atoms with Gasteiger partial charge in [0.05, 0.1) is 0 Å². The van der Waals surface area contributed by atoms with Crippen LogP contribution >= 0.6 is 34.8 Å². The summed E-state index contributed by atoms with van der Waals surface area (Å²) in [6.45, 7) is 0. The number of hydrogen-bond acceptors (Lipinski definition) is 0. The Morgan fingerprint density at radius 3 is 2.18 bits per heavy atom. The van der Waals surface area contributed by atoms with Gasteiger partial charge in [0, 0.05) is 20.5 Å². The molecular formula is C14H7Cl3. The van der Waals surface area contributed by atoms with Crippen molar-refractivity contribution in [3.63, 3.8) is 0 Å². The fraction of sp³-hybridized carbons (Fsp3) is 0. The summed E-state index contributed by atoms with van der Waals surface area (Å²) < 4.78 is 0. The molecule has 0 saturated heterocycles. The highest BCUT2D eigenvalue weighted by molar-refractivity contribution is 6.39. The van der Waals surface area contributed by atoms with Gasteiger partial charge in [-0.05, 0) is 52.6 Å². The van der Waals surface area contributed by atoms with Gasteiger partial charge in [-0.3, -0.25) is 0 Å². The number of halogens is 3. The van der Waals surface area contributed by atoms with Crippen LogP contribution in [-0.4, -0.2) is 0 Å². The quantitative estimate of drug-likeness (QED) is 0.446. The van der Waals surface area contributed by atoms with Crippen LogP contribution in [0.3, 0.4) is 0 Å². The van der Waals surface area contributed by atoms with Crippen molar-refractivity contribution in [2.45, 2.75) is 0 Å². The average molecular weight is 282 g/mol. The third kappa shape index (κ3) is 1.97. The Bertz CT molecular complexity index is 732. The number of benzene rings is 3. The number of hydrogen-bond donors (Lipinski definition) is 0. The molecule has 0 spiro atoms. The first-order valence-electron chi connectivity index (χ1n) is 5.11. The monoisotopic (exact) mass is 280 g/mol. The first kappa shape index (κ1) is 11.2. The van der Waals surface area contributed by atoms with E-state index in [0.29, 0.717) is 10.0 Å². The summed E-state index contributed by atoms with van der Waals surface area (Å²) in [5.41, 5.74) is 0. The van der Waals surface area contributed by atoms with Gasteiger partial charge >= 0.3 is 0 Å². The van der Waals surface area contributed by atoms with Crippen LogP contribution in [0.2, 0.25) is 15.1 Å². The lowest BCUT2D eigenvalue weighted by molar-refractivity contribution is 1.76. The summed E-state index contributed by atoms with van der Waals surface area (Å²) in [4.78, 5) is 0. The van der Waals surface area contributed by atoms with Crippen LogP contribution in [0.15, 0.2) is 42.5 Å². The topological polar surface area (TPSA) is 0 Å². The first-order valence-corrected chi connectivity index (χ1v) is 6.25. The average Bonchev–Trinajstić information content (AvgIpc) is 2.26. The highest BCUT2D eigenvalue weighted by Gasteiger charge is 2.04. The Labute approximate surface area is 114 Å². The predicted octanol–water partition coefficient (Wildman–Crippen LogP) is 5.95. The minimum Gasteiger partial charge on any atom is -0.0843 e. The standard InChI is InChI=1S/C14H7Cl3/c15-11-2-1-8-6-13-10(3-9(8)4-11)5-12(16)7-14(13)17/h1-7H. The molecule has 3 rings (SSSR count). The maximum atomic E-state index is 6.18. The molecule has 0 heterocycles. The normalized spacial score (nSPS) is 11.2. The Balaban J connectivity index is 2.47. The highest BCUT2D eigenvalue weighted by atomic mass is 35.5. The van der Waals surface area contributed by atoms with Gasteiger partial charge < -0.3 is 0 Å². The van der Waals surface area contributed by atoms with Crippen molar-refractivity contribution in [2.24, 2.45) is 0 Å². The van der Waals surface area contributed by atoms with Crippen molar-refractivity contribution < 1.29 is 0 Å². The van der Waals surface area contributed by atoms with Crippen molar-refractivity contribution >= 4 is 56.3 Å². The zero-order chi connectivity index (χ0) is 12.0. The fourth-order valence-electron chi connectivity index (χ4n) is 2.00. The van der Waals surface area contributed by atoms with Gasteiger partial charge in [0.1, 0.15) is 0 Å². The van der Waals surface area contributed by atoms with Crippen molar-refractivity contribution in [3.05, 3.63) is 57.5 Å². The van der Waals surface area contributed by atoms with E-state index in [9.17, 15) is 0 Å². The molecule has 0 aliphatic rings. The largest absolute Gasteiger partial charge is 0.0843 e. The molecule has 0 aliphatic heterocycles. The molecule has 17 heavy (non-hydrogen) atoms. The van der Waals surface area contributed by atoms with Crippen LogP contribution in [-0.2, 0) is 0 Å². The highest BCUT2D eigenvalue weighted by Crippen LogP contribution is 2.32. The Kier molecular flexibility index (Phi) is 2.67. The molecule has 0 saturated carbocycles. The minimum atomic E-state index is 0.642. The third-order valence-electron chi connectivity index (χ3n) is 2.79. The molecule has 0 aliphatic carbocycles. The molecule has 0 fully saturated rings. The summed E-state index contributed by atoms with van der Waals surface area (Å²) in [6, 6.07) is 13.6. The van der Waals surface area contributed by atoms with Gasteiger partial charge in [0.25, 0.3) is 0 Å². The van der Waals surface area contributed by atoms with Crippen LogP contribution < -0.4 is 0 Å². The van der Waals surface area contributed by atoms with Crippen molar-refractivity contribution in [2.75, 3.05) is 0 Å². The molecule has 0 unspecified atom stereocenters. The molecule has 0 bridgehead atoms. The Morgan fingerprint density at radius 1 is 0.588 bits per heavy atom. The van der Waals surface area contributed by atoms with Crippen molar-refractivity contribution in [3.8, 4) is 0 Å². The van der Waals surface area contributed by atoms with Gasteiger partial charge in [-0.1, -0.05) is 40.9 Å². The first-order chi connectivity index (χ1) is 8.13. The number of fused-ring (bicyclic) bond motifs is 2. The smallest absolute Gasteiger partial charge is 0.0499 e. The molecule has 3 aromatic rings. The van der Waals surface area contributed by atoms with E-state index in [1.807, 2.05) is 30.3 Å². The zero-order valence-electron chi connectivity index (χ0n) is 8.68. The maximum absolute atomic E-state index is 6.18. The molecule has 0 nitrogen and oxygen atoms in total. The van der Waals surface area contributed by atoms with Gasteiger partial charge in [0.15, 0.2) is 0 Å². The summed E-state index contributed by atoms with van der Waals surface area (Å²) in [6.07, 6.45) is 0. The molecule has 0 atom stereocenters. The molecule has 84 valence electrons. The van der Waals surface area contributed by atoms with Crippen molar-refractivity contribution in [1.29, 1.82) is 0 Å². The van der Waals surface area contributed by atoms with E-state index in [2.05, 4.69) is 6.07 Å². The van der Waals surface area contributed by atoms with Crippen LogP contribution in [0.25, 0.3) is 21.5 Å². The molecule has 0 amide bonds. The lowest BCUT2D eigenvalue weighted by Crippen LogP contribution is -1.78. The lowest BCUT2D eigenvalue weighted by Gasteiger charge is -2.05. The van der Waals surface area contributed by atoms with Crippen LogP contribution in [0.5, 0.6) is 0 Å². The summed E-state index contributed by atoms with van der Waals surface area (Å²) in [7, 11) is 0. The molecule has 3 aromatic carbocycles. The summed E-state index contributed by atoms with van der Waals surface area (Å²) in [5.74, 6) is 0. The van der Waals surface area contributed by atoms with Crippen LogP contribution in [0, 0.1) is 0 Å². The predicted molar refractivity (Wildman–Crippen MR) is 76.5 cm³/mol. The van der Waals surface area contributed by atoms with E-state index in [1.54, 1.807) is 6.07 Å². The van der Waals surface area contributed by atoms with Gasteiger partial charge in [-0.2, -0.15) is 0 Å². The van der Waals surface area contributed by atoms with Crippen LogP contribution in [0.4, 0.5) is 0 Å². The third-order valence-corrected chi connectivity index (χ3v) is 3.55. The molecule has 3 heteroatoms. The zero-order valence-corrected chi connectivity index (χ0v) is 10.9. The van der Waals surface area contributed by atoms with E-state index >= 15 is 0 Å². The van der Waals surface area contributed by atoms with Gasteiger partial charge in [-0.15, -0.1) is 0 Å². The van der Waals surface area contributed by atoms with E-state index in [4.69, 9.17) is 34.8 Å². The maximum Gasteiger partial charge on any atom is 0.0499 e. The Morgan fingerprint density at radius 2 is 1.35 bits per heavy atom. The number of rotatable bonds is 0. The lowest BCUT2D eigenvalue weighted by atomic mass is 10.0. The molecule has 0 N–H and O–H groups in total. The van der Waals surface area contributed by atoms with E-state index < -0.39 is 0 Å². The second kappa shape index (κ2) is 4.06.